The molecule has 5 nitrogen and oxygen atoms in total. The lowest BCUT2D eigenvalue weighted by molar-refractivity contribution is -0.143. The summed E-state index contributed by atoms with van der Waals surface area (Å²) in [5.41, 5.74) is 0. The maximum atomic E-state index is 11.7. The van der Waals surface area contributed by atoms with Crippen molar-refractivity contribution in [3.8, 4) is 0 Å². The van der Waals surface area contributed by atoms with Gasteiger partial charge in [-0.15, -0.1) is 11.8 Å². The summed E-state index contributed by atoms with van der Waals surface area (Å²) in [5.74, 6) is -0.819. The fourth-order valence-electron chi connectivity index (χ4n) is 1.42. The third-order valence-electron chi connectivity index (χ3n) is 2.39. The number of thioether (sulfide) groups is 1. The van der Waals surface area contributed by atoms with Gasteiger partial charge in [-0.1, -0.05) is 12.1 Å². The third-order valence-corrected chi connectivity index (χ3v) is 4.42. The number of benzene rings is 1. The smallest absolute Gasteiger partial charge is 0.328 e. The zero-order valence-corrected chi connectivity index (χ0v) is 13.4. The first-order valence-electron chi connectivity index (χ1n) is 5.93. The van der Waals surface area contributed by atoms with Crippen LogP contribution in [0.5, 0.6) is 0 Å². The van der Waals surface area contributed by atoms with Crippen LogP contribution in [0.4, 0.5) is 0 Å². The zero-order chi connectivity index (χ0) is 15.0. The lowest BCUT2D eigenvalue weighted by Gasteiger charge is -2.13. The molecule has 1 aromatic carbocycles. The van der Waals surface area contributed by atoms with Crippen molar-refractivity contribution in [3.05, 3.63) is 28.7 Å². The van der Waals surface area contributed by atoms with Crippen LogP contribution >= 0.6 is 27.7 Å². The standard InChI is InChI=1S/C13H16BrNO4S/c1-19-8-10(13(17)18)15-12(16)6-7-20-11-5-3-2-4-9(11)14/h2-5,10H,6-8H2,1H3,(H,15,16)(H,17,18). The number of ether oxygens (including phenoxy) is 1. The number of halogens is 1. The highest BCUT2D eigenvalue weighted by Gasteiger charge is 2.19. The first kappa shape index (κ1) is 17.0. The molecular weight excluding hydrogens is 346 g/mol. The topological polar surface area (TPSA) is 75.6 Å². The van der Waals surface area contributed by atoms with Crippen LogP contribution < -0.4 is 5.32 Å². The van der Waals surface area contributed by atoms with E-state index >= 15 is 0 Å². The number of carbonyl (C=O) groups excluding carboxylic acids is 1. The number of carboxylic acid groups (broad SMARTS) is 1. The van der Waals surface area contributed by atoms with Crippen LogP contribution in [0.25, 0.3) is 0 Å². The van der Waals surface area contributed by atoms with E-state index in [1.165, 1.54) is 18.9 Å². The van der Waals surface area contributed by atoms with E-state index in [0.717, 1.165) is 9.37 Å². The largest absolute Gasteiger partial charge is 0.480 e. The van der Waals surface area contributed by atoms with Gasteiger partial charge in [0.05, 0.1) is 6.61 Å². The van der Waals surface area contributed by atoms with Gasteiger partial charge >= 0.3 is 5.97 Å². The molecule has 0 spiro atoms. The summed E-state index contributed by atoms with van der Waals surface area (Å²) < 4.78 is 5.73. The molecule has 0 saturated carbocycles. The highest BCUT2D eigenvalue weighted by Crippen LogP contribution is 2.27. The molecule has 1 unspecified atom stereocenters. The zero-order valence-electron chi connectivity index (χ0n) is 11.0. The van der Waals surface area contributed by atoms with Crippen molar-refractivity contribution in [2.24, 2.45) is 0 Å². The van der Waals surface area contributed by atoms with Gasteiger partial charge in [0.25, 0.3) is 0 Å². The predicted molar refractivity (Wildman–Crippen MR) is 80.9 cm³/mol. The number of hydrogen-bond acceptors (Lipinski definition) is 4. The van der Waals surface area contributed by atoms with Gasteiger partial charge in [-0.05, 0) is 28.1 Å². The van der Waals surface area contributed by atoms with E-state index < -0.39 is 12.0 Å². The molecule has 0 bridgehead atoms. The monoisotopic (exact) mass is 361 g/mol. The Morgan fingerprint density at radius 3 is 2.75 bits per heavy atom. The quantitative estimate of drug-likeness (QED) is 0.693. The molecule has 0 aromatic heterocycles. The van der Waals surface area contributed by atoms with Crippen molar-refractivity contribution in [2.45, 2.75) is 17.4 Å². The van der Waals surface area contributed by atoms with Gasteiger partial charge in [0.15, 0.2) is 6.04 Å². The number of rotatable bonds is 8. The Morgan fingerprint density at radius 2 is 2.15 bits per heavy atom. The lowest BCUT2D eigenvalue weighted by atomic mass is 10.3. The molecule has 110 valence electrons. The number of carbonyl (C=O) groups is 2. The summed E-state index contributed by atoms with van der Waals surface area (Å²) in [6.07, 6.45) is 0.249. The fourth-order valence-corrected chi connectivity index (χ4v) is 2.94. The number of amides is 1. The van der Waals surface area contributed by atoms with Gasteiger partial charge in [0.1, 0.15) is 0 Å². The van der Waals surface area contributed by atoms with E-state index in [9.17, 15) is 9.59 Å². The summed E-state index contributed by atoms with van der Waals surface area (Å²) in [7, 11) is 1.39. The Morgan fingerprint density at radius 1 is 1.45 bits per heavy atom. The summed E-state index contributed by atoms with van der Waals surface area (Å²) in [6, 6.07) is 6.73. The van der Waals surface area contributed by atoms with E-state index in [1.807, 2.05) is 24.3 Å². The molecule has 2 N–H and O–H groups in total. The first-order valence-corrected chi connectivity index (χ1v) is 7.71. The van der Waals surface area contributed by atoms with Gasteiger partial charge in [0, 0.05) is 28.7 Å². The minimum absolute atomic E-state index is 0.0432. The van der Waals surface area contributed by atoms with Crippen LogP contribution in [0, 0.1) is 0 Å². The van der Waals surface area contributed by atoms with E-state index in [2.05, 4.69) is 21.2 Å². The summed E-state index contributed by atoms with van der Waals surface area (Å²) in [6.45, 7) is -0.0432. The molecule has 1 rings (SSSR count). The normalized spacial score (nSPS) is 11.9. The molecule has 7 heteroatoms. The van der Waals surface area contributed by atoms with Crippen molar-refractivity contribution in [2.75, 3.05) is 19.5 Å². The molecule has 1 amide bonds. The third kappa shape index (κ3) is 5.94. The maximum absolute atomic E-state index is 11.7. The second-order valence-electron chi connectivity index (χ2n) is 3.94. The number of nitrogens with one attached hydrogen (secondary N) is 1. The van der Waals surface area contributed by atoms with Crippen LogP contribution in [-0.2, 0) is 14.3 Å². The second kappa shape index (κ2) is 8.99. The van der Waals surface area contributed by atoms with Crippen molar-refractivity contribution >= 4 is 39.6 Å². The molecular formula is C13H16BrNO4S. The first-order chi connectivity index (χ1) is 9.54. The number of methoxy groups -OCH3 is 1. The van der Waals surface area contributed by atoms with Gasteiger partial charge in [0.2, 0.25) is 5.91 Å². The Kier molecular flexibility index (Phi) is 7.64. The molecule has 0 heterocycles. The highest BCUT2D eigenvalue weighted by molar-refractivity contribution is 9.10. The molecule has 0 aliphatic rings. The molecule has 1 aromatic rings. The molecule has 20 heavy (non-hydrogen) atoms. The molecule has 0 radical (unpaired) electrons. The average molecular weight is 362 g/mol. The second-order valence-corrected chi connectivity index (χ2v) is 5.93. The van der Waals surface area contributed by atoms with Crippen LogP contribution in [0.3, 0.4) is 0 Å². The van der Waals surface area contributed by atoms with E-state index in [-0.39, 0.29) is 18.9 Å². The Labute approximate surface area is 130 Å². The molecule has 1 atom stereocenters. The Balaban J connectivity index is 2.36. The van der Waals surface area contributed by atoms with Gasteiger partial charge in [-0.3, -0.25) is 4.79 Å². The molecule has 0 aliphatic carbocycles. The predicted octanol–water partition coefficient (Wildman–Crippen LogP) is 2.15. The van der Waals surface area contributed by atoms with Crippen LogP contribution in [0.15, 0.2) is 33.6 Å². The van der Waals surface area contributed by atoms with E-state index in [1.54, 1.807) is 0 Å². The molecule has 0 aliphatic heterocycles. The molecule has 0 fully saturated rings. The van der Waals surface area contributed by atoms with Gasteiger partial charge in [-0.25, -0.2) is 4.79 Å². The Hall–Kier alpha value is -1.05. The van der Waals surface area contributed by atoms with Gasteiger partial charge < -0.3 is 15.2 Å². The summed E-state index contributed by atoms with van der Waals surface area (Å²) in [5, 5.41) is 11.3. The van der Waals surface area contributed by atoms with Crippen LogP contribution in [-0.4, -0.2) is 42.5 Å². The van der Waals surface area contributed by atoms with E-state index in [4.69, 9.17) is 9.84 Å². The SMILES string of the molecule is COCC(NC(=O)CCSc1ccccc1Br)C(=O)O. The van der Waals surface area contributed by atoms with Crippen molar-refractivity contribution in [1.29, 1.82) is 0 Å². The van der Waals surface area contributed by atoms with Crippen molar-refractivity contribution in [1.82, 2.24) is 5.32 Å². The number of aliphatic carboxylic acids is 1. The summed E-state index contributed by atoms with van der Waals surface area (Å²) in [4.78, 5) is 23.6. The van der Waals surface area contributed by atoms with E-state index in [0.29, 0.717) is 5.75 Å². The lowest BCUT2D eigenvalue weighted by Crippen LogP contribution is -2.43. The summed E-state index contributed by atoms with van der Waals surface area (Å²) >= 11 is 4.97. The average Bonchev–Trinajstić information content (AvgIpc) is 2.40. The maximum Gasteiger partial charge on any atom is 0.328 e. The minimum Gasteiger partial charge on any atom is -0.480 e. The van der Waals surface area contributed by atoms with Crippen molar-refractivity contribution in [3.63, 3.8) is 0 Å². The van der Waals surface area contributed by atoms with Crippen LogP contribution in [0.1, 0.15) is 6.42 Å². The van der Waals surface area contributed by atoms with Crippen molar-refractivity contribution < 1.29 is 19.4 Å². The van der Waals surface area contributed by atoms with Crippen LogP contribution in [0.2, 0.25) is 0 Å². The number of hydrogen-bond donors (Lipinski definition) is 2. The molecule has 0 saturated heterocycles. The Bertz CT molecular complexity index is 469. The minimum atomic E-state index is -1.10. The van der Waals surface area contributed by atoms with Gasteiger partial charge in [-0.2, -0.15) is 0 Å². The number of carboxylic acids is 1. The highest BCUT2D eigenvalue weighted by atomic mass is 79.9. The fraction of sp³-hybridized carbons (Fsp3) is 0.385.